The number of nitrogens with two attached hydrogens (primary N) is 1. The van der Waals surface area contributed by atoms with Gasteiger partial charge < -0.3 is 10.6 Å². The van der Waals surface area contributed by atoms with Crippen LogP contribution in [-0.2, 0) is 0 Å². The van der Waals surface area contributed by atoms with Crippen molar-refractivity contribution in [3.05, 3.63) is 34.1 Å². The maximum absolute atomic E-state index is 13.6. The highest BCUT2D eigenvalue weighted by atomic mass is 79.9. The lowest BCUT2D eigenvalue weighted by atomic mass is 10.1. The molecule has 2 rings (SSSR count). The number of halogens is 2. The van der Waals surface area contributed by atoms with Crippen molar-refractivity contribution < 1.29 is 9.18 Å². The van der Waals surface area contributed by atoms with E-state index >= 15 is 0 Å². The second kappa shape index (κ2) is 5.14. The average Bonchev–Trinajstić information content (AvgIpc) is 2.80. The molecule has 0 unspecified atom stereocenters. The summed E-state index contributed by atoms with van der Waals surface area (Å²) in [5.41, 5.74) is 5.69. The van der Waals surface area contributed by atoms with Crippen LogP contribution in [0.4, 0.5) is 4.39 Å². The number of carbonyl (C=O) groups is 1. The fourth-order valence-electron chi connectivity index (χ4n) is 2.04. The van der Waals surface area contributed by atoms with Crippen LogP contribution >= 0.6 is 15.9 Å². The standard InChI is InChI=1S/C12H14BrFN2O/c13-9-1-2-11(14)10(5-9)12(17)16-4-3-8(6-15)7-16/h1-2,5,8H,3-4,6-7,15H2/t8-/m0/s1. The molecule has 1 atom stereocenters. The van der Waals surface area contributed by atoms with Crippen molar-refractivity contribution in [2.24, 2.45) is 11.7 Å². The fourth-order valence-corrected chi connectivity index (χ4v) is 2.40. The predicted octanol–water partition coefficient (Wildman–Crippen LogP) is 2.01. The molecular weight excluding hydrogens is 287 g/mol. The molecule has 1 aliphatic rings. The highest BCUT2D eigenvalue weighted by molar-refractivity contribution is 9.10. The van der Waals surface area contributed by atoms with Crippen LogP contribution in [0.15, 0.2) is 22.7 Å². The Hall–Kier alpha value is -0.940. The Kier molecular flexibility index (Phi) is 3.79. The van der Waals surface area contributed by atoms with Gasteiger partial charge in [0, 0.05) is 17.6 Å². The van der Waals surface area contributed by atoms with Crippen LogP contribution in [-0.4, -0.2) is 30.4 Å². The lowest BCUT2D eigenvalue weighted by molar-refractivity contribution is 0.0783. The summed E-state index contributed by atoms with van der Waals surface area (Å²) in [5.74, 6) is -0.386. The van der Waals surface area contributed by atoms with Crippen molar-refractivity contribution >= 4 is 21.8 Å². The van der Waals surface area contributed by atoms with E-state index in [1.165, 1.54) is 12.1 Å². The molecule has 92 valence electrons. The number of carbonyl (C=O) groups excluding carboxylic acids is 1. The van der Waals surface area contributed by atoms with Gasteiger partial charge in [-0.3, -0.25) is 4.79 Å². The first-order valence-electron chi connectivity index (χ1n) is 5.56. The largest absolute Gasteiger partial charge is 0.338 e. The molecule has 1 fully saturated rings. The van der Waals surface area contributed by atoms with E-state index in [2.05, 4.69) is 15.9 Å². The lowest BCUT2D eigenvalue weighted by Crippen LogP contribution is -2.30. The first-order valence-corrected chi connectivity index (χ1v) is 6.35. The van der Waals surface area contributed by atoms with E-state index in [1.54, 1.807) is 11.0 Å². The third-order valence-electron chi connectivity index (χ3n) is 3.07. The number of hydrogen-bond acceptors (Lipinski definition) is 2. The quantitative estimate of drug-likeness (QED) is 0.908. The first-order chi connectivity index (χ1) is 8.11. The van der Waals surface area contributed by atoms with Gasteiger partial charge in [0.1, 0.15) is 5.82 Å². The zero-order chi connectivity index (χ0) is 12.4. The highest BCUT2D eigenvalue weighted by Crippen LogP contribution is 2.21. The third kappa shape index (κ3) is 2.66. The Labute approximate surface area is 108 Å². The molecule has 0 spiro atoms. The minimum atomic E-state index is -0.477. The topological polar surface area (TPSA) is 46.3 Å². The summed E-state index contributed by atoms with van der Waals surface area (Å²) in [7, 11) is 0. The van der Waals surface area contributed by atoms with Crippen molar-refractivity contribution in [3.8, 4) is 0 Å². The van der Waals surface area contributed by atoms with E-state index in [0.717, 1.165) is 6.42 Å². The van der Waals surface area contributed by atoms with Crippen LogP contribution in [0.2, 0.25) is 0 Å². The van der Waals surface area contributed by atoms with Gasteiger partial charge in [0.2, 0.25) is 0 Å². The van der Waals surface area contributed by atoms with Gasteiger partial charge in [-0.2, -0.15) is 0 Å². The summed E-state index contributed by atoms with van der Waals surface area (Å²) in [6.45, 7) is 1.86. The first kappa shape index (κ1) is 12.5. The van der Waals surface area contributed by atoms with Gasteiger partial charge >= 0.3 is 0 Å². The van der Waals surface area contributed by atoms with E-state index in [0.29, 0.717) is 30.0 Å². The average molecular weight is 301 g/mol. The van der Waals surface area contributed by atoms with Gasteiger partial charge in [-0.05, 0) is 37.1 Å². The van der Waals surface area contributed by atoms with E-state index in [1.807, 2.05) is 0 Å². The zero-order valence-corrected chi connectivity index (χ0v) is 10.9. The molecular formula is C12H14BrFN2O. The molecule has 1 saturated heterocycles. The van der Waals surface area contributed by atoms with Crippen molar-refractivity contribution in [2.45, 2.75) is 6.42 Å². The fraction of sp³-hybridized carbons (Fsp3) is 0.417. The second-order valence-electron chi connectivity index (χ2n) is 4.27. The maximum atomic E-state index is 13.6. The van der Waals surface area contributed by atoms with E-state index < -0.39 is 5.82 Å². The molecule has 1 aromatic carbocycles. The van der Waals surface area contributed by atoms with Crippen LogP contribution in [0, 0.1) is 11.7 Å². The lowest BCUT2D eigenvalue weighted by Gasteiger charge is -2.16. The Bertz CT molecular complexity index is 439. The molecule has 1 amide bonds. The summed E-state index contributed by atoms with van der Waals surface area (Å²) in [6.07, 6.45) is 0.901. The summed E-state index contributed by atoms with van der Waals surface area (Å²) in [6, 6.07) is 4.40. The Balaban J connectivity index is 2.17. The number of likely N-dealkylation sites (tertiary alicyclic amines) is 1. The summed E-state index contributed by atoms with van der Waals surface area (Å²) >= 11 is 3.24. The van der Waals surface area contributed by atoms with Crippen LogP contribution < -0.4 is 5.73 Å². The van der Waals surface area contributed by atoms with Gasteiger partial charge in [-0.25, -0.2) is 4.39 Å². The third-order valence-corrected chi connectivity index (χ3v) is 3.56. The summed E-state index contributed by atoms with van der Waals surface area (Å²) in [4.78, 5) is 13.8. The van der Waals surface area contributed by atoms with Gasteiger partial charge in [-0.15, -0.1) is 0 Å². The number of hydrogen-bond donors (Lipinski definition) is 1. The normalized spacial score (nSPS) is 19.7. The van der Waals surface area contributed by atoms with Crippen LogP contribution in [0.5, 0.6) is 0 Å². The number of benzene rings is 1. The van der Waals surface area contributed by atoms with Crippen molar-refractivity contribution in [1.82, 2.24) is 4.90 Å². The van der Waals surface area contributed by atoms with Crippen molar-refractivity contribution in [3.63, 3.8) is 0 Å². The van der Waals surface area contributed by atoms with E-state index in [-0.39, 0.29) is 11.5 Å². The number of amides is 1. The van der Waals surface area contributed by atoms with Crippen LogP contribution in [0.3, 0.4) is 0 Å². The second-order valence-corrected chi connectivity index (χ2v) is 5.18. The van der Waals surface area contributed by atoms with Gasteiger partial charge in [0.05, 0.1) is 5.56 Å². The molecule has 0 bridgehead atoms. The van der Waals surface area contributed by atoms with Crippen molar-refractivity contribution in [1.29, 1.82) is 0 Å². The zero-order valence-electron chi connectivity index (χ0n) is 9.33. The van der Waals surface area contributed by atoms with Gasteiger partial charge in [0.15, 0.2) is 0 Å². The van der Waals surface area contributed by atoms with E-state index in [9.17, 15) is 9.18 Å². The molecule has 1 aromatic rings. The summed E-state index contributed by atoms with van der Waals surface area (Å²) in [5, 5.41) is 0. The Morgan fingerprint density at radius 1 is 1.59 bits per heavy atom. The molecule has 2 N–H and O–H groups in total. The molecule has 0 aromatic heterocycles. The molecule has 5 heteroatoms. The smallest absolute Gasteiger partial charge is 0.256 e. The highest BCUT2D eigenvalue weighted by Gasteiger charge is 2.27. The molecule has 1 heterocycles. The van der Waals surface area contributed by atoms with Crippen LogP contribution in [0.25, 0.3) is 0 Å². The predicted molar refractivity (Wildman–Crippen MR) is 67.2 cm³/mol. The molecule has 0 radical (unpaired) electrons. The number of rotatable bonds is 2. The van der Waals surface area contributed by atoms with Crippen LogP contribution in [0.1, 0.15) is 16.8 Å². The summed E-state index contributed by atoms with van der Waals surface area (Å²) < 4.78 is 14.3. The SMILES string of the molecule is NC[C@@H]1CCN(C(=O)c2cc(Br)ccc2F)C1. The Morgan fingerprint density at radius 3 is 3.00 bits per heavy atom. The van der Waals surface area contributed by atoms with E-state index in [4.69, 9.17) is 5.73 Å². The minimum absolute atomic E-state index is 0.122. The molecule has 0 saturated carbocycles. The van der Waals surface area contributed by atoms with Crippen molar-refractivity contribution in [2.75, 3.05) is 19.6 Å². The molecule has 17 heavy (non-hydrogen) atoms. The monoisotopic (exact) mass is 300 g/mol. The minimum Gasteiger partial charge on any atom is -0.338 e. The molecule has 1 aliphatic heterocycles. The number of nitrogens with zero attached hydrogens (tertiary/aromatic N) is 1. The van der Waals surface area contributed by atoms with Gasteiger partial charge in [-0.1, -0.05) is 15.9 Å². The molecule has 0 aliphatic carbocycles. The maximum Gasteiger partial charge on any atom is 0.256 e. The molecule has 3 nitrogen and oxygen atoms in total. The Morgan fingerprint density at radius 2 is 2.35 bits per heavy atom. The van der Waals surface area contributed by atoms with Gasteiger partial charge in [0.25, 0.3) is 5.91 Å².